The van der Waals surface area contributed by atoms with Gasteiger partial charge in [0.15, 0.2) is 0 Å². The van der Waals surface area contributed by atoms with E-state index in [-0.39, 0.29) is 6.54 Å². The zero-order valence-corrected chi connectivity index (χ0v) is 12.9. The van der Waals surface area contributed by atoms with E-state index in [1.165, 1.54) is 6.08 Å². The summed E-state index contributed by atoms with van der Waals surface area (Å²) in [7, 11) is -3.42. The molecule has 5 heteroatoms. The van der Waals surface area contributed by atoms with Crippen LogP contribution in [0.5, 0.6) is 0 Å². The quantitative estimate of drug-likeness (QED) is 0.587. The lowest BCUT2D eigenvalue weighted by atomic mass is 10.1. The SMILES string of the molecule is C=CCNS(=O)(=O)[C@H](CC=C)c1ccccc1I. The minimum atomic E-state index is -3.42. The van der Waals surface area contributed by atoms with Gasteiger partial charge >= 0.3 is 0 Å². The van der Waals surface area contributed by atoms with E-state index in [2.05, 4.69) is 40.5 Å². The van der Waals surface area contributed by atoms with Crippen LogP contribution in [0.4, 0.5) is 0 Å². The van der Waals surface area contributed by atoms with Crippen molar-refractivity contribution in [2.24, 2.45) is 0 Å². The van der Waals surface area contributed by atoms with Crippen LogP contribution in [0.2, 0.25) is 0 Å². The lowest BCUT2D eigenvalue weighted by molar-refractivity contribution is 0.571. The van der Waals surface area contributed by atoms with Crippen molar-refractivity contribution in [3.05, 3.63) is 58.7 Å². The number of hydrogen-bond acceptors (Lipinski definition) is 2. The van der Waals surface area contributed by atoms with E-state index < -0.39 is 15.3 Å². The highest BCUT2D eigenvalue weighted by Gasteiger charge is 2.26. The predicted molar refractivity (Wildman–Crippen MR) is 83.8 cm³/mol. The molecule has 18 heavy (non-hydrogen) atoms. The summed E-state index contributed by atoms with van der Waals surface area (Å²) in [6.45, 7) is 7.38. The molecule has 1 aromatic carbocycles. The molecule has 0 aliphatic heterocycles. The summed E-state index contributed by atoms with van der Waals surface area (Å²) in [5.74, 6) is 0. The lowest BCUT2D eigenvalue weighted by Gasteiger charge is -2.18. The minimum Gasteiger partial charge on any atom is -0.212 e. The van der Waals surface area contributed by atoms with Crippen molar-refractivity contribution < 1.29 is 8.42 Å². The van der Waals surface area contributed by atoms with Crippen LogP contribution in [0.1, 0.15) is 17.2 Å². The first-order chi connectivity index (χ1) is 8.53. The predicted octanol–water partition coefficient (Wildman–Crippen LogP) is 3.01. The molecule has 0 fully saturated rings. The average molecular weight is 377 g/mol. The summed E-state index contributed by atoms with van der Waals surface area (Å²) in [6, 6.07) is 7.47. The molecular weight excluding hydrogens is 361 g/mol. The Morgan fingerprint density at radius 2 is 1.94 bits per heavy atom. The normalized spacial score (nSPS) is 12.9. The monoisotopic (exact) mass is 377 g/mol. The van der Waals surface area contributed by atoms with E-state index in [0.717, 1.165) is 9.13 Å². The van der Waals surface area contributed by atoms with Crippen LogP contribution < -0.4 is 4.72 Å². The molecule has 0 aliphatic rings. The van der Waals surface area contributed by atoms with Gasteiger partial charge in [-0.1, -0.05) is 30.4 Å². The van der Waals surface area contributed by atoms with Crippen molar-refractivity contribution in [1.29, 1.82) is 0 Å². The molecule has 1 aromatic rings. The van der Waals surface area contributed by atoms with Crippen LogP contribution in [0.25, 0.3) is 0 Å². The van der Waals surface area contributed by atoms with Crippen molar-refractivity contribution in [1.82, 2.24) is 4.72 Å². The fraction of sp³-hybridized carbons (Fsp3) is 0.231. The number of rotatable bonds is 7. The van der Waals surface area contributed by atoms with Crippen molar-refractivity contribution in [3.8, 4) is 0 Å². The molecule has 0 spiro atoms. The zero-order chi connectivity index (χ0) is 13.6. The van der Waals surface area contributed by atoms with E-state index in [1.54, 1.807) is 6.08 Å². The first-order valence-corrected chi connectivity index (χ1v) is 8.10. The smallest absolute Gasteiger partial charge is 0.212 e. The Morgan fingerprint density at radius 3 is 2.50 bits per heavy atom. The van der Waals surface area contributed by atoms with Crippen molar-refractivity contribution in [3.63, 3.8) is 0 Å². The Kier molecular flexibility index (Phi) is 6.04. The maximum absolute atomic E-state index is 12.2. The minimum absolute atomic E-state index is 0.236. The van der Waals surface area contributed by atoms with E-state index in [0.29, 0.717) is 6.42 Å². The van der Waals surface area contributed by atoms with Gasteiger partial charge < -0.3 is 0 Å². The molecule has 0 radical (unpaired) electrons. The molecule has 0 saturated carbocycles. The molecule has 0 bridgehead atoms. The van der Waals surface area contributed by atoms with Crippen LogP contribution in [0, 0.1) is 3.57 Å². The Hall–Kier alpha value is -0.660. The third kappa shape index (κ3) is 3.93. The number of allylic oxidation sites excluding steroid dienone is 1. The van der Waals surface area contributed by atoms with Gasteiger partial charge in [-0.05, 0) is 40.6 Å². The molecule has 0 unspecified atom stereocenters. The zero-order valence-electron chi connectivity index (χ0n) is 9.97. The highest BCUT2D eigenvalue weighted by atomic mass is 127. The number of sulfonamides is 1. The Bertz CT molecular complexity index is 526. The largest absolute Gasteiger partial charge is 0.219 e. The van der Waals surface area contributed by atoms with E-state index >= 15 is 0 Å². The number of benzene rings is 1. The second-order valence-electron chi connectivity index (χ2n) is 3.72. The van der Waals surface area contributed by atoms with Gasteiger partial charge in [-0.3, -0.25) is 0 Å². The molecule has 0 heterocycles. The summed E-state index contributed by atoms with van der Waals surface area (Å²) < 4.78 is 27.9. The highest BCUT2D eigenvalue weighted by molar-refractivity contribution is 14.1. The van der Waals surface area contributed by atoms with Gasteiger partial charge in [0.05, 0.1) is 0 Å². The number of hydrogen-bond donors (Lipinski definition) is 1. The summed E-state index contributed by atoms with van der Waals surface area (Å²) >= 11 is 2.15. The van der Waals surface area contributed by atoms with Gasteiger partial charge in [0.25, 0.3) is 0 Å². The van der Waals surface area contributed by atoms with E-state index in [4.69, 9.17) is 0 Å². The van der Waals surface area contributed by atoms with Crippen molar-refractivity contribution in [2.45, 2.75) is 11.7 Å². The fourth-order valence-electron chi connectivity index (χ4n) is 1.58. The highest BCUT2D eigenvalue weighted by Crippen LogP contribution is 2.29. The van der Waals surface area contributed by atoms with Crippen molar-refractivity contribution >= 4 is 32.6 Å². The summed E-state index contributed by atoms with van der Waals surface area (Å²) in [5.41, 5.74) is 0.801. The molecular formula is C13H16INO2S. The lowest BCUT2D eigenvalue weighted by Crippen LogP contribution is -2.29. The number of halogens is 1. The first kappa shape index (κ1) is 15.4. The topological polar surface area (TPSA) is 46.2 Å². The van der Waals surface area contributed by atoms with Gasteiger partial charge in [0.2, 0.25) is 10.0 Å². The second-order valence-corrected chi connectivity index (χ2v) is 6.83. The molecule has 1 atom stereocenters. The van der Waals surface area contributed by atoms with Gasteiger partial charge in [0.1, 0.15) is 5.25 Å². The van der Waals surface area contributed by atoms with Crippen molar-refractivity contribution in [2.75, 3.05) is 6.54 Å². The maximum Gasteiger partial charge on any atom is 0.219 e. The van der Waals surface area contributed by atoms with E-state index in [1.807, 2.05) is 24.3 Å². The fourth-order valence-corrected chi connectivity index (χ4v) is 4.04. The summed E-state index contributed by atoms with van der Waals surface area (Å²) in [4.78, 5) is 0. The third-order valence-corrected chi connectivity index (χ3v) is 5.18. The molecule has 98 valence electrons. The molecule has 0 saturated heterocycles. The maximum atomic E-state index is 12.2. The third-order valence-electron chi connectivity index (χ3n) is 2.44. The number of nitrogens with one attached hydrogen (secondary N) is 1. The Morgan fingerprint density at radius 1 is 1.28 bits per heavy atom. The van der Waals surface area contributed by atoms with Gasteiger partial charge in [-0.2, -0.15) is 0 Å². The molecule has 1 N–H and O–H groups in total. The molecule has 0 amide bonds. The van der Waals surface area contributed by atoms with Crippen LogP contribution >= 0.6 is 22.6 Å². The summed E-state index contributed by atoms with van der Waals surface area (Å²) in [6.07, 6.45) is 3.53. The van der Waals surface area contributed by atoms with Crippen LogP contribution in [-0.2, 0) is 10.0 Å². The first-order valence-electron chi connectivity index (χ1n) is 5.47. The summed E-state index contributed by atoms with van der Waals surface area (Å²) in [5, 5.41) is -0.608. The molecule has 3 nitrogen and oxygen atoms in total. The second kappa shape index (κ2) is 7.06. The molecule has 0 aliphatic carbocycles. The van der Waals surface area contributed by atoms with Gasteiger partial charge in [0, 0.05) is 10.1 Å². The van der Waals surface area contributed by atoms with Crippen LogP contribution in [0.3, 0.4) is 0 Å². The Balaban J connectivity index is 3.14. The van der Waals surface area contributed by atoms with Crippen LogP contribution in [0.15, 0.2) is 49.6 Å². The standard InChI is InChI=1S/C13H16INO2S/c1-3-7-13(18(16,17)15-10-4-2)11-8-5-6-9-12(11)14/h3-6,8-9,13,15H,1-2,7,10H2/t13-/m1/s1. The van der Waals surface area contributed by atoms with E-state index in [9.17, 15) is 8.42 Å². The Labute approximate surface area is 122 Å². The van der Waals surface area contributed by atoms with Crippen LogP contribution in [-0.4, -0.2) is 15.0 Å². The molecule has 0 aromatic heterocycles. The average Bonchev–Trinajstić information content (AvgIpc) is 2.34. The van der Waals surface area contributed by atoms with Gasteiger partial charge in [-0.25, -0.2) is 13.1 Å². The molecule has 1 rings (SSSR count). The van der Waals surface area contributed by atoms with Gasteiger partial charge in [-0.15, -0.1) is 13.2 Å².